The predicted molar refractivity (Wildman–Crippen MR) is 130 cm³/mol. The molecular formula is C26H27N5O2. The van der Waals surface area contributed by atoms with Crippen molar-refractivity contribution in [1.82, 2.24) is 15.0 Å². The second-order valence-electron chi connectivity index (χ2n) is 8.18. The lowest BCUT2D eigenvalue weighted by atomic mass is 10.0. The van der Waals surface area contributed by atoms with Gasteiger partial charge >= 0.3 is 0 Å². The third kappa shape index (κ3) is 4.53. The highest BCUT2D eigenvalue weighted by atomic mass is 16.5. The molecule has 1 fully saturated rings. The van der Waals surface area contributed by atoms with Crippen LogP contribution >= 0.6 is 0 Å². The van der Waals surface area contributed by atoms with Crippen molar-refractivity contribution in [3.05, 3.63) is 78.1 Å². The van der Waals surface area contributed by atoms with Gasteiger partial charge in [0.15, 0.2) is 0 Å². The summed E-state index contributed by atoms with van der Waals surface area (Å²) in [6.45, 7) is 2.41. The molecule has 2 aromatic carbocycles. The van der Waals surface area contributed by atoms with Crippen LogP contribution in [0.5, 0.6) is 11.5 Å². The molecule has 168 valence electrons. The number of methoxy groups -OCH3 is 2. The maximum absolute atomic E-state index is 5.44. The molecule has 3 heterocycles. The number of benzene rings is 2. The van der Waals surface area contributed by atoms with Crippen molar-refractivity contribution in [1.29, 1.82) is 0 Å². The zero-order valence-electron chi connectivity index (χ0n) is 18.9. The van der Waals surface area contributed by atoms with Gasteiger partial charge in [-0.1, -0.05) is 18.2 Å². The second-order valence-corrected chi connectivity index (χ2v) is 8.18. The van der Waals surface area contributed by atoms with Crippen LogP contribution in [0.25, 0.3) is 10.9 Å². The fourth-order valence-corrected chi connectivity index (χ4v) is 4.30. The summed E-state index contributed by atoms with van der Waals surface area (Å²) >= 11 is 0. The number of nitrogens with one attached hydrogen (secondary N) is 1. The number of pyridine rings is 1. The molecular weight excluding hydrogens is 414 g/mol. The van der Waals surface area contributed by atoms with Crippen molar-refractivity contribution in [2.45, 2.75) is 18.9 Å². The topological polar surface area (TPSA) is 72.4 Å². The Bertz CT molecular complexity index is 1250. The van der Waals surface area contributed by atoms with Gasteiger partial charge < -0.3 is 19.7 Å². The Balaban J connectivity index is 1.45. The molecule has 1 atom stereocenters. The molecule has 7 nitrogen and oxygen atoms in total. The molecule has 1 aliphatic rings. The van der Waals surface area contributed by atoms with Crippen LogP contribution in [0.1, 0.15) is 23.5 Å². The summed E-state index contributed by atoms with van der Waals surface area (Å²) < 4.78 is 10.8. The van der Waals surface area contributed by atoms with E-state index in [1.165, 1.54) is 5.56 Å². The van der Waals surface area contributed by atoms with Gasteiger partial charge in [0.2, 0.25) is 5.95 Å². The molecule has 0 radical (unpaired) electrons. The molecule has 0 bridgehead atoms. The molecule has 1 N–H and O–H groups in total. The Morgan fingerprint density at radius 2 is 1.88 bits per heavy atom. The highest BCUT2D eigenvalue weighted by Crippen LogP contribution is 2.32. The van der Waals surface area contributed by atoms with Crippen molar-refractivity contribution < 1.29 is 9.47 Å². The molecule has 33 heavy (non-hydrogen) atoms. The fraction of sp³-hybridized carbons (Fsp3) is 0.269. The summed E-state index contributed by atoms with van der Waals surface area (Å²) in [5, 5.41) is 4.48. The van der Waals surface area contributed by atoms with Crippen LogP contribution in [0.15, 0.2) is 67.0 Å². The highest BCUT2D eigenvalue weighted by Gasteiger charge is 2.26. The van der Waals surface area contributed by atoms with E-state index in [1.54, 1.807) is 14.2 Å². The van der Waals surface area contributed by atoms with Crippen LogP contribution in [-0.4, -0.2) is 42.3 Å². The van der Waals surface area contributed by atoms with Crippen molar-refractivity contribution >= 4 is 22.7 Å². The normalized spacial score (nSPS) is 15.6. The molecule has 7 heteroatoms. The minimum atomic E-state index is 0.427. The zero-order chi connectivity index (χ0) is 22.6. The number of ether oxygens (including phenoxy) is 2. The van der Waals surface area contributed by atoms with Gasteiger partial charge in [0.05, 0.1) is 19.7 Å². The van der Waals surface area contributed by atoms with Gasteiger partial charge in [0.1, 0.15) is 17.3 Å². The lowest BCUT2D eigenvalue weighted by Gasteiger charge is -2.19. The molecule has 0 spiro atoms. The summed E-state index contributed by atoms with van der Waals surface area (Å²) in [5.41, 5.74) is 3.24. The van der Waals surface area contributed by atoms with Crippen molar-refractivity contribution in [2.75, 3.05) is 37.5 Å². The first-order chi connectivity index (χ1) is 16.2. The highest BCUT2D eigenvalue weighted by molar-refractivity contribution is 5.91. The average Bonchev–Trinajstić information content (AvgIpc) is 3.38. The van der Waals surface area contributed by atoms with Crippen molar-refractivity contribution in [3.63, 3.8) is 0 Å². The van der Waals surface area contributed by atoms with Crippen LogP contribution < -0.4 is 19.7 Å². The molecule has 0 saturated carbocycles. The van der Waals surface area contributed by atoms with Gasteiger partial charge in [-0.05, 0) is 47.9 Å². The first-order valence-corrected chi connectivity index (χ1v) is 11.1. The number of rotatable bonds is 7. The summed E-state index contributed by atoms with van der Waals surface area (Å²) in [5.74, 6) is 3.59. The lowest BCUT2D eigenvalue weighted by Crippen LogP contribution is -2.22. The van der Waals surface area contributed by atoms with E-state index in [-0.39, 0.29) is 0 Å². The SMILES string of the molecule is COc1cccc(CNc2nc(N3CCC(c4cccnc4)C3)nc3cc(OC)ccc23)c1. The Hall–Kier alpha value is -3.87. The van der Waals surface area contributed by atoms with E-state index < -0.39 is 0 Å². The first kappa shape index (κ1) is 21.0. The predicted octanol–water partition coefficient (Wildman–Crippen LogP) is 4.65. The average molecular weight is 442 g/mol. The maximum Gasteiger partial charge on any atom is 0.227 e. The van der Waals surface area contributed by atoms with Crippen LogP contribution in [0.3, 0.4) is 0 Å². The molecule has 1 unspecified atom stereocenters. The second kappa shape index (κ2) is 9.32. The molecule has 2 aromatic heterocycles. The Labute approximate surface area is 193 Å². The lowest BCUT2D eigenvalue weighted by molar-refractivity contribution is 0.414. The Morgan fingerprint density at radius 1 is 1.00 bits per heavy atom. The Morgan fingerprint density at radius 3 is 2.70 bits per heavy atom. The van der Waals surface area contributed by atoms with Crippen LogP contribution in [0.4, 0.5) is 11.8 Å². The number of hydrogen-bond donors (Lipinski definition) is 1. The van der Waals surface area contributed by atoms with E-state index in [4.69, 9.17) is 19.4 Å². The van der Waals surface area contributed by atoms with Crippen LogP contribution in [0, 0.1) is 0 Å². The molecule has 1 saturated heterocycles. The minimum Gasteiger partial charge on any atom is -0.497 e. The number of fused-ring (bicyclic) bond motifs is 1. The van der Waals surface area contributed by atoms with Crippen molar-refractivity contribution in [3.8, 4) is 11.5 Å². The standard InChI is InChI=1S/C26H27N5O2/c1-32-21-7-3-5-18(13-21)15-28-25-23-9-8-22(33-2)14-24(23)29-26(30-25)31-12-10-20(17-31)19-6-4-11-27-16-19/h3-9,11,13-14,16,20H,10,12,15,17H2,1-2H3,(H,28,29,30). The van der Waals surface area contributed by atoms with Gasteiger partial charge in [-0.25, -0.2) is 4.98 Å². The largest absolute Gasteiger partial charge is 0.497 e. The Kier molecular flexibility index (Phi) is 5.93. The van der Waals surface area contributed by atoms with Gasteiger partial charge in [-0.3, -0.25) is 4.98 Å². The van der Waals surface area contributed by atoms with Crippen LogP contribution in [-0.2, 0) is 6.54 Å². The summed E-state index contributed by atoms with van der Waals surface area (Å²) in [6, 6.07) is 18.1. The summed E-state index contributed by atoms with van der Waals surface area (Å²) in [6.07, 6.45) is 4.83. The number of aromatic nitrogens is 3. The van der Waals surface area contributed by atoms with Crippen molar-refractivity contribution in [2.24, 2.45) is 0 Å². The smallest absolute Gasteiger partial charge is 0.227 e. The fourth-order valence-electron chi connectivity index (χ4n) is 4.30. The van der Waals surface area contributed by atoms with E-state index in [1.807, 2.05) is 54.9 Å². The number of anilines is 2. The molecule has 1 aliphatic heterocycles. The van der Waals surface area contributed by atoms with E-state index in [9.17, 15) is 0 Å². The van der Waals surface area contributed by atoms with Crippen LogP contribution in [0.2, 0.25) is 0 Å². The van der Waals surface area contributed by atoms with E-state index in [0.717, 1.165) is 59.2 Å². The number of hydrogen-bond acceptors (Lipinski definition) is 7. The summed E-state index contributed by atoms with van der Waals surface area (Å²) in [7, 11) is 3.35. The van der Waals surface area contributed by atoms with E-state index >= 15 is 0 Å². The van der Waals surface area contributed by atoms with Gasteiger partial charge in [0.25, 0.3) is 0 Å². The molecule has 0 amide bonds. The quantitative estimate of drug-likeness (QED) is 0.448. The van der Waals surface area contributed by atoms with Gasteiger partial charge in [-0.2, -0.15) is 4.98 Å². The monoisotopic (exact) mass is 441 g/mol. The first-order valence-electron chi connectivity index (χ1n) is 11.1. The molecule has 5 rings (SSSR count). The van der Waals surface area contributed by atoms with E-state index in [2.05, 4.69) is 27.3 Å². The van der Waals surface area contributed by atoms with Gasteiger partial charge in [-0.15, -0.1) is 0 Å². The third-order valence-corrected chi connectivity index (χ3v) is 6.11. The summed E-state index contributed by atoms with van der Waals surface area (Å²) in [4.78, 5) is 16.4. The number of nitrogens with zero attached hydrogens (tertiary/aromatic N) is 4. The maximum atomic E-state index is 5.44. The molecule has 0 aliphatic carbocycles. The van der Waals surface area contributed by atoms with Gasteiger partial charge in [0, 0.05) is 49.4 Å². The third-order valence-electron chi connectivity index (χ3n) is 6.11. The molecule has 4 aromatic rings. The zero-order valence-corrected chi connectivity index (χ0v) is 18.9. The minimum absolute atomic E-state index is 0.427. The van der Waals surface area contributed by atoms with E-state index in [0.29, 0.717) is 12.5 Å².